The highest BCUT2D eigenvalue weighted by Gasteiger charge is 2.13. The molecule has 21 heavy (non-hydrogen) atoms. The number of ketones is 1. The Morgan fingerprint density at radius 2 is 1.81 bits per heavy atom. The minimum atomic E-state index is 0.162. The molecule has 1 heterocycles. The molecule has 2 aromatic carbocycles. The molecular weight excluding hydrogens is 258 g/mol. The molecule has 0 unspecified atom stereocenters. The molecule has 3 rings (SSSR count). The number of carbonyl (C=O) groups excluding carboxylic acids is 1. The van der Waals surface area contributed by atoms with Gasteiger partial charge in [0.1, 0.15) is 0 Å². The van der Waals surface area contributed by atoms with E-state index in [4.69, 9.17) is 0 Å². The average molecular weight is 277 g/mol. The largest absolute Gasteiger partial charge is 0.360 e. The molecule has 0 amide bonds. The Balaban J connectivity index is 1.93. The molecule has 1 N–H and O–H groups in total. The van der Waals surface area contributed by atoms with Gasteiger partial charge in [-0.2, -0.15) is 0 Å². The number of benzene rings is 2. The lowest BCUT2D eigenvalue weighted by Crippen LogP contribution is -2.03. The van der Waals surface area contributed by atoms with Crippen molar-refractivity contribution in [2.45, 2.75) is 27.2 Å². The molecular formula is C19H19NO. The third kappa shape index (κ3) is 2.62. The fourth-order valence-electron chi connectivity index (χ4n) is 2.66. The molecule has 106 valence electrons. The highest BCUT2D eigenvalue weighted by Crippen LogP contribution is 2.21. The first-order chi connectivity index (χ1) is 10.0. The summed E-state index contributed by atoms with van der Waals surface area (Å²) >= 11 is 0. The van der Waals surface area contributed by atoms with Crippen molar-refractivity contribution in [1.82, 2.24) is 4.98 Å². The van der Waals surface area contributed by atoms with E-state index >= 15 is 0 Å². The summed E-state index contributed by atoms with van der Waals surface area (Å²) in [7, 11) is 0. The van der Waals surface area contributed by atoms with Crippen LogP contribution in [0.15, 0.2) is 42.6 Å². The molecule has 3 aromatic rings. The van der Waals surface area contributed by atoms with Gasteiger partial charge in [-0.1, -0.05) is 29.8 Å². The maximum Gasteiger partial charge on any atom is 0.169 e. The van der Waals surface area contributed by atoms with Gasteiger partial charge in [0.2, 0.25) is 0 Å². The van der Waals surface area contributed by atoms with Gasteiger partial charge in [-0.25, -0.2) is 0 Å². The number of aromatic nitrogens is 1. The van der Waals surface area contributed by atoms with Crippen LogP contribution in [0.1, 0.15) is 32.6 Å². The van der Waals surface area contributed by atoms with Crippen molar-refractivity contribution in [1.29, 1.82) is 0 Å². The molecule has 1 aromatic heterocycles. The van der Waals surface area contributed by atoms with Gasteiger partial charge >= 0.3 is 0 Å². The first-order valence-electron chi connectivity index (χ1n) is 7.21. The summed E-state index contributed by atoms with van der Waals surface area (Å²) in [4.78, 5) is 15.8. The summed E-state index contributed by atoms with van der Waals surface area (Å²) in [5, 5.41) is 1.02. The highest BCUT2D eigenvalue weighted by atomic mass is 16.1. The highest BCUT2D eigenvalue weighted by molar-refractivity contribution is 6.08. The molecule has 0 bridgehead atoms. The molecule has 2 nitrogen and oxygen atoms in total. The zero-order valence-corrected chi connectivity index (χ0v) is 12.7. The Labute approximate surface area is 124 Å². The maximum absolute atomic E-state index is 12.6. The number of hydrogen-bond donors (Lipinski definition) is 1. The Kier molecular flexibility index (Phi) is 3.38. The van der Waals surface area contributed by atoms with Gasteiger partial charge in [-0.15, -0.1) is 0 Å². The zero-order valence-electron chi connectivity index (χ0n) is 12.7. The van der Waals surface area contributed by atoms with Crippen molar-refractivity contribution in [2.24, 2.45) is 0 Å². The molecule has 0 saturated heterocycles. The van der Waals surface area contributed by atoms with Gasteiger partial charge in [-0.3, -0.25) is 4.79 Å². The van der Waals surface area contributed by atoms with Crippen LogP contribution in [0.25, 0.3) is 10.9 Å². The van der Waals surface area contributed by atoms with Crippen LogP contribution in [0.2, 0.25) is 0 Å². The molecule has 0 atom stereocenters. The number of Topliss-reactive ketones (excluding diaryl/α,β-unsaturated/α-hetero) is 1. The normalized spacial score (nSPS) is 11.0. The average Bonchev–Trinajstić information content (AvgIpc) is 2.86. The van der Waals surface area contributed by atoms with E-state index in [0.717, 1.165) is 22.0 Å². The van der Waals surface area contributed by atoms with Crippen molar-refractivity contribution in [2.75, 3.05) is 0 Å². The lowest BCUT2D eigenvalue weighted by Gasteiger charge is -2.05. The predicted molar refractivity (Wildman–Crippen MR) is 87.0 cm³/mol. The summed E-state index contributed by atoms with van der Waals surface area (Å²) in [5.74, 6) is 0.162. The standard InChI is InChI=1S/C19H19NO/c1-12-4-7-18-16(8-12)17(11-20-18)19(21)10-15-6-5-13(2)14(3)9-15/h4-9,11,20H,10H2,1-3H3. The van der Waals surface area contributed by atoms with Gasteiger partial charge in [0.25, 0.3) is 0 Å². The lowest BCUT2D eigenvalue weighted by atomic mass is 9.99. The van der Waals surface area contributed by atoms with Gasteiger partial charge in [0.15, 0.2) is 5.78 Å². The molecule has 0 spiro atoms. The van der Waals surface area contributed by atoms with Crippen LogP contribution < -0.4 is 0 Å². The van der Waals surface area contributed by atoms with Gasteiger partial charge in [0, 0.05) is 29.1 Å². The fraction of sp³-hybridized carbons (Fsp3) is 0.211. The second kappa shape index (κ2) is 5.21. The van der Waals surface area contributed by atoms with Gasteiger partial charge in [-0.05, 0) is 49.6 Å². The number of rotatable bonds is 3. The molecule has 0 fully saturated rings. The summed E-state index contributed by atoms with van der Waals surface area (Å²) < 4.78 is 0. The Hall–Kier alpha value is -2.35. The summed E-state index contributed by atoms with van der Waals surface area (Å²) in [6, 6.07) is 12.4. The number of aryl methyl sites for hydroxylation is 3. The lowest BCUT2D eigenvalue weighted by molar-refractivity contribution is 0.0994. The van der Waals surface area contributed by atoms with Crippen molar-refractivity contribution in [3.05, 3.63) is 70.4 Å². The summed E-state index contributed by atoms with van der Waals surface area (Å²) in [5.41, 5.74) is 6.53. The Morgan fingerprint density at radius 3 is 2.57 bits per heavy atom. The van der Waals surface area contributed by atoms with E-state index in [1.54, 1.807) is 0 Å². The van der Waals surface area contributed by atoms with E-state index in [-0.39, 0.29) is 5.78 Å². The van der Waals surface area contributed by atoms with Crippen molar-refractivity contribution in [3.8, 4) is 0 Å². The van der Waals surface area contributed by atoms with E-state index in [2.05, 4.69) is 43.1 Å². The monoisotopic (exact) mass is 277 g/mol. The smallest absolute Gasteiger partial charge is 0.169 e. The van der Waals surface area contributed by atoms with E-state index < -0.39 is 0 Å². The van der Waals surface area contributed by atoms with Crippen LogP contribution in [-0.2, 0) is 6.42 Å². The quantitative estimate of drug-likeness (QED) is 0.701. The third-order valence-electron chi connectivity index (χ3n) is 4.07. The number of H-pyrrole nitrogens is 1. The van der Waals surface area contributed by atoms with E-state index in [9.17, 15) is 4.79 Å². The van der Waals surface area contributed by atoms with Gasteiger partial charge in [0.05, 0.1) is 0 Å². The first kappa shape index (κ1) is 13.6. The third-order valence-corrected chi connectivity index (χ3v) is 4.07. The van der Waals surface area contributed by atoms with Crippen LogP contribution in [0, 0.1) is 20.8 Å². The topological polar surface area (TPSA) is 32.9 Å². The summed E-state index contributed by atoms with van der Waals surface area (Å²) in [6.45, 7) is 6.21. The minimum Gasteiger partial charge on any atom is -0.360 e. The van der Waals surface area contributed by atoms with Crippen LogP contribution >= 0.6 is 0 Å². The van der Waals surface area contributed by atoms with E-state index in [1.165, 1.54) is 16.7 Å². The second-order valence-electron chi connectivity index (χ2n) is 5.77. The Bertz CT molecular complexity index is 827. The van der Waals surface area contributed by atoms with E-state index in [1.807, 2.05) is 25.3 Å². The first-order valence-corrected chi connectivity index (χ1v) is 7.21. The maximum atomic E-state index is 12.6. The van der Waals surface area contributed by atoms with Crippen LogP contribution in [0.3, 0.4) is 0 Å². The van der Waals surface area contributed by atoms with Crippen LogP contribution in [0.4, 0.5) is 0 Å². The SMILES string of the molecule is Cc1ccc2[nH]cc(C(=O)Cc3ccc(C)c(C)c3)c2c1. The summed E-state index contributed by atoms with van der Waals surface area (Å²) in [6.07, 6.45) is 2.27. The van der Waals surface area contributed by atoms with Crippen molar-refractivity contribution < 1.29 is 4.79 Å². The molecule has 2 heteroatoms. The van der Waals surface area contributed by atoms with Crippen molar-refractivity contribution in [3.63, 3.8) is 0 Å². The fourth-order valence-corrected chi connectivity index (χ4v) is 2.66. The second-order valence-corrected chi connectivity index (χ2v) is 5.77. The van der Waals surface area contributed by atoms with Crippen LogP contribution in [-0.4, -0.2) is 10.8 Å². The minimum absolute atomic E-state index is 0.162. The molecule has 0 aliphatic rings. The molecule has 0 saturated carbocycles. The Morgan fingerprint density at radius 1 is 1.00 bits per heavy atom. The van der Waals surface area contributed by atoms with E-state index in [0.29, 0.717) is 6.42 Å². The van der Waals surface area contributed by atoms with Crippen LogP contribution in [0.5, 0.6) is 0 Å². The zero-order chi connectivity index (χ0) is 15.0. The number of hydrogen-bond acceptors (Lipinski definition) is 1. The van der Waals surface area contributed by atoms with Crippen molar-refractivity contribution >= 4 is 16.7 Å². The number of aromatic amines is 1. The van der Waals surface area contributed by atoms with Gasteiger partial charge < -0.3 is 4.98 Å². The number of fused-ring (bicyclic) bond motifs is 1. The molecule has 0 radical (unpaired) electrons. The molecule has 0 aliphatic heterocycles. The number of nitrogens with one attached hydrogen (secondary N) is 1. The predicted octanol–water partition coefficient (Wildman–Crippen LogP) is 4.52. The molecule has 0 aliphatic carbocycles. The number of carbonyl (C=O) groups is 1.